The first-order valence-corrected chi connectivity index (χ1v) is 43.7. The molecule has 638 valence electrons. The zero-order chi connectivity index (χ0) is 95.6. The maximum Gasteiger partial charge on any atom is 0.159 e. The van der Waals surface area contributed by atoms with Crippen LogP contribution in [0.2, 0.25) is 0 Å². The van der Waals surface area contributed by atoms with Gasteiger partial charge in [0.1, 0.15) is 58.7 Å². The van der Waals surface area contributed by atoms with E-state index >= 15 is 0 Å². The van der Waals surface area contributed by atoms with E-state index in [9.17, 15) is 0 Å². The Morgan fingerprint density at radius 1 is 0.276 bits per heavy atom. The Labute approximate surface area is 755 Å². The van der Waals surface area contributed by atoms with Crippen LogP contribution in [0, 0.1) is 34.6 Å². The highest BCUT2D eigenvalue weighted by atomic mass is 16.3. The Morgan fingerprint density at radius 3 is 0.906 bits per heavy atom. The lowest BCUT2D eigenvalue weighted by molar-refractivity contribution is 0.263. The predicted octanol–water partition coefficient (Wildman–Crippen LogP) is 29.5. The van der Waals surface area contributed by atoms with Gasteiger partial charge in [0.2, 0.25) is 0 Å². The van der Waals surface area contributed by atoms with Crippen LogP contribution in [0.5, 0.6) is 0 Å². The molecule has 0 saturated heterocycles. The van der Waals surface area contributed by atoms with Crippen LogP contribution < -0.4 is 44.1 Å². The van der Waals surface area contributed by atoms with E-state index in [0.29, 0.717) is 17.2 Å². The van der Waals surface area contributed by atoms with Crippen molar-refractivity contribution in [1.82, 2.24) is 9.88 Å². The number of hydrogen-bond donors (Lipinski definition) is 0. The van der Waals surface area contributed by atoms with Gasteiger partial charge in [-0.05, 0) is 217 Å². The number of hydrogen-bond acceptors (Lipinski definition) is 16. The molecule has 13 aromatic carbocycles. The van der Waals surface area contributed by atoms with Crippen molar-refractivity contribution in [3.8, 4) is 0 Å². The molecule has 0 aliphatic carbocycles. The summed E-state index contributed by atoms with van der Waals surface area (Å²) in [5.41, 5.74) is 25.8. The molecular weight excluding hydrogens is 1570 g/mol. The first kappa shape index (κ1) is 71.1. The Hall–Kier alpha value is -14.3. The number of benzene rings is 13. The predicted molar refractivity (Wildman–Crippen MR) is 532 cm³/mol. The van der Waals surface area contributed by atoms with E-state index in [1.807, 2.05) is 213 Å². The van der Waals surface area contributed by atoms with Crippen molar-refractivity contribution < 1.29 is 34.4 Å². The summed E-state index contributed by atoms with van der Waals surface area (Å²) in [6.45, 7) is 27.8. The molecule has 5 atom stereocenters. The highest BCUT2D eigenvalue weighted by Crippen LogP contribution is 2.55. The van der Waals surface area contributed by atoms with Crippen molar-refractivity contribution in [3.63, 3.8) is 0 Å². The number of pyridine rings is 1. The second-order valence-electron chi connectivity index (χ2n) is 34.4. The first-order valence-electron chi connectivity index (χ1n) is 48.2. The summed E-state index contributed by atoms with van der Waals surface area (Å²) in [5.74, 6) is 0.627. The summed E-state index contributed by atoms with van der Waals surface area (Å²) in [6, 6.07) is 87.4. The lowest BCUT2D eigenvalue weighted by Gasteiger charge is -2.33. The number of rotatable bonds is 8. The molecule has 5 aliphatic heterocycles. The van der Waals surface area contributed by atoms with E-state index in [1.165, 1.54) is 15.4 Å². The van der Waals surface area contributed by atoms with Crippen LogP contribution in [0.3, 0.4) is 0 Å². The van der Waals surface area contributed by atoms with Crippen LogP contribution in [-0.4, -0.2) is 72.7 Å². The Kier molecular flexibility index (Phi) is 17.9. The third-order valence-electron chi connectivity index (χ3n) is 26.0. The number of nitrogens with zero attached hydrogens (tertiary/aromatic N) is 11. The van der Waals surface area contributed by atoms with Gasteiger partial charge in [0.05, 0.1) is 72.4 Å². The molecule has 0 bridgehead atoms. The van der Waals surface area contributed by atoms with Crippen LogP contribution in [0.4, 0.5) is 74.1 Å². The summed E-state index contributed by atoms with van der Waals surface area (Å²) in [6.07, 6.45) is 5.00. The molecular formula is C111H109N11O5. The SMILES string of the molecule is [2H]C(C)(C)N1C=CN(c2c(C)ccc3c2oc2ccccc23)C1C.[2H]C(C)(C)N1c2ccccc2N(c2c(C)ccc3c2oc2ccccc23)C1C.[2H]C(C)(C)N1c2ccccc2N(c2c(C)ccc3c2oc2ccccc23)C1C.[2H]C([2H])([2H])N1c2ccccc2N(c2c(C)ccc3c2oc2ccccc23)C1C.[2H]C([2H])([2H])N1c2cccnc2N(c2c(C)ccc3c2oc2ccccc23)C1C. The minimum Gasteiger partial charge on any atom is -0.454 e. The van der Waals surface area contributed by atoms with Gasteiger partial charge in [-0.15, -0.1) is 0 Å². The fraction of sp³-hybridized carbons (Fsp3) is 0.234. The Bertz CT molecular complexity index is 7160. The number of fused-ring (bicyclic) bond motifs is 19. The minimum atomic E-state index is -2.28. The number of furan rings is 5. The smallest absolute Gasteiger partial charge is 0.159 e. The van der Waals surface area contributed by atoms with Crippen molar-refractivity contribution in [2.45, 2.75) is 160 Å². The van der Waals surface area contributed by atoms with Gasteiger partial charge in [-0.3, -0.25) is 0 Å². The molecule has 127 heavy (non-hydrogen) atoms. The average Bonchev–Trinajstić information content (AvgIpc) is 1.58. The van der Waals surface area contributed by atoms with E-state index in [1.54, 1.807) is 18.3 Å². The second-order valence-corrected chi connectivity index (χ2v) is 34.4. The van der Waals surface area contributed by atoms with Crippen LogP contribution in [0.15, 0.2) is 308 Å². The molecule has 5 unspecified atom stereocenters. The Balaban J connectivity index is 0.000000105. The summed E-state index contributed by atoms with van der Waals surface area (Å²) in [5, 5.41) is 11.0. The molecule has 0 saturated carbocycles. The molecule has 0 radical (unpaired) electrons. The second kappa shape index (κ2) is 32.1. The van der Waals surface area contributed by atoms with Gasteiger partial charge in [0, 0.05) is 113 Å². The molecule has 0 spiro atoms. The third-order valence-corrected chi connectivity index (χ3v) is 26.0. The fourth-order valence-corrected chi connectivity index (χ4v) is 20.1. The summed E-state index contributed by atoms with van der Waals surface area (Å²) in [7, 11) is 0. The molecule has 16 nitrogen and oxygen atoms in total. The van der Waals surface area contributed by atoms with E-state index in [4.69, 9.17) is 34.4 Å². The number of anilines is 13. The molecule has 24 rings (SSSR count). The molecule has 5 aliphatic rings. The van der Waals surface area contributed by atoms with Crippen LogP contribution in [0.1, 0.15) is 116 Å². The number of para-hydroxylation sites is 11. The van der Waals surface area contributed by atoms with Crippen molar-refractivity contribution in [2.75, 3.05) is 58.1 Å². The standard InChI is InChI=1S/2C24H24N2O.C22H20N2O.C21H19N3O.C20H22N2O/c2*1-15(2)25-17(4)26(21-11-7-6-10-20(21)25)23-16(3)13-14-19-18-9-5-8-12-22(18)27-24(19)23;1-14-12-13-17-16-8-4-7-11-20(16)25-22(17)21(14)24-15(2)23(3)18-9-5-6-10-19(18)24;1-13-10-11-16-15-7-4-5-9-18(15)25-20(16)19(13)24-14(2)23(3)17-8-6-12-22-21(17)24;1-13(2)21-11-12-22(15(21)4)19-14(3)9-10-17-16-7-5-6-8-18(16)23-20(17)19/h2*5-15,17H,1-4H3;4-13,15H,1-3H3;4-12,14H,1-3H3;5-13,15H,1-4H3/i2*15D;2*3D3;13D. The average molecular weight is 1690 g/mol. The highest BCUT2D eigenvalue weighted by Gasteiger charge is 2.42. The van der Waals surface area contributed by atoms with E-state index in [2.05, 4.69) is 210 Å². The molecule has 11 heterocycles. The van der Waals surface area contributed by atoms with Gasteiger partial charge in [-0.25, -0.2) is 4.98 Å². The van der Waals surface area contributed by atoms with Crippen molar-refractivity contribution in [3.05, 3.63) is 313 Å². The van der Waals surface area contributed by atoms with Gasteiger partial charge >= 0.3 is 0 Å². The molecule has 0 amide bonds. The van der Waals surface area contributed by atoms with Crippen LogP contribution >= 0.6 is 0 Å². The topological polar surface area (TPSA) is 111 Å². The summed E-state index contributed by atoms with van der Waals surface area (Å²) >= 11 is 0. The van der Waals surface area contributed by atoms with Crippen molar-refractivity contribution in [2.24, 2.45) is 0 Å². The van der Waals surface area contributed by atoms with E-state index < -0.39 is 38.2 Å². The van der Waals surface area contributed by atoms with Gasteiger partial charge in [0.15, 0.2) is 33.7 Å². The molecule has 6 aromatic heterocycles. The zero-order valence-electron chi connectivity index (χ0n) is 83.5. The van der Waals surface area contributed by atoms with Gasteiger partial charge < -0.3 is 71.1 Å². The summed E-state index contributed by atoms with van der Waals surface area (Å²) < 4.78 is 105. The fourth-order valence-electron chi connectivity index (χ4n) is 20.1. The summed E-state index contributed by atoms with van der Waals surface area (Å²) in [4.78, 5) is 24.8. The minimum absolute atomic E-state index is 0.00223. The normalized spacial score (nSPS) is 18.5. The maximum absolute atomic E-state index is 8.72. The van der Waals surface area contributed by atoms with Crippen molar-refractivity contribution in [1.29, 1.82) is 0 Å². The van der Waals surface area contributed by atoms with Gasteiger partial charge in [-0.2, -0.15) is 0 Å². The largest absolute Gasteiger partial charge is 0.454 e. The lowest BCUT2D eigenvalue weighted by atomic mass is 10.1. The van der Waals surface area contributed by atoms with Crippen molar-refractivity contribution >= 4 is 184 Å². The number of aromatic nitrogens is 1. The quantitative estimate of drug-likeness (QED) is 0.144. The monoisotopic (exact) mass is 1680 g/mol. The molecule has 0 fully saturated rings. The molecule has 0 N–H and O–H groups in total. The molecule has 16 heteroatoms. The number of aryl methyl sites for hydroxylation is 5. The van der Waals surface area contributed by atoms with E-state index in [-0.39, 0.29) is 24.7 Å². The van der Waals surface area contributed by atoms with Gasteiger partial charge in [0.25, 0.3) is 0 Å². The highest BCUT2D eigenvalue weighted by molar-refractivity contribution is 6.16. The zero-order valence-corrected chi connectivity index (χ0v) is 74.5. The van der Waals surface area contributed by atoms with Crippen LogP contribution in [-0.2, 0) is 0 Å². The first-order chi connectivity index (χ1) is 64.9. The van der Waals surface area contributed by atoms with Crippen LogP contribution in [0.25, 0.3) is 110 Å². The van der Waals surface area contributed by atoms with Gasteiger partial charge in [-0.1, -0.05) is 188 Å². The lowest BCUT2D eigenvalue weighted by Crippen LogP contribution is -2.42. The third kappa shape index (κ3) is 13.2. The molecule has 19 aromatic rings. The maximum atomic E-state index is 8.72. The van der Waals surface area contributed by atoms with E-state index in [0.717, 1.165) is 189 Å². The Morgan fingerprint density at radius 2 is 0.559 bits per heavy atom.